The van der Waals surface area contributed by atoms with E-state index in [0.717, 1.165) is 22.6 Å². The Morgan fingerprint density at radius 1 is 0.848 bits per heavy atom. The molecule has 2 amide bonds. The van der Waals surface area contributed by atoms with Crippen LogP contribution in [0, 0.1) is 6.92 Å². The zero-order valence-corrected chi connectivity index (χ0v) is 19.5. The van der Waals surface area contributed by atoms with E-state index in [1.165, 1.54) is 0 Å². The van der Waals surface area contributed by atoms with Gasteiger partial charge in [0.25, 0.3) is 5.91 Å². The smallest absolute Gasteiger partial charge is 0.255 e. The lowest BCUT2D eigenvalue weighted by molar-refractivity contribution is -0.130. The van der Waals surface area contributed by atoms with E-state index in [4.69, 9.17) is 9.47 Å². The number of amides is 2. The van der Waals surface area contributed by atoms with Crippen LogP contribution in [0.3, 0.4) is 0 Å². The number of hydrogen-bond acceptors (Lipinski definition) is 4. The predicted octanol–water partition coefficient (Wildman–Crippen LogP) is 3.77. The van der Waals surface area contributed by atoms with Crippen molar-refractivity contribution >= 4 is 11.8 Å². The standard InChI is InChI=1S/C26H29N3O4/c1-18-22(26(31)28-14-12-27(13-15-28)19(2)30)17-24(20-8-6-5-7-9-20)29(18)23-11-10-21(32-3)16-25(23)33-4/h5-11,16-17H,12-15H2,1-4H3. The van der Waals surface area contributed by atoms with Gasteiger partial charge in [0, 0.05) is 44.9 Å². The number of methoxy groups -OCH3 is 2. The maximum absolute atomic E-state index is 13.5. The molecule has 0 aliphatic carbocycles. The molecule has 3 aromatic rings. The van der Waals surface area contributed by atoms with Gasteiger partial charge in [0.15, 0.2) is 0 Å². The summed E-state index contributed by atoms with van der Waals surface area (Å²) in [6, 6.07) is 17.6. The lowest BCUT2D eigenvalue weighted by Crippen LogP contribution is -2.50. The van der Waals surface area contributed by atoms with Gasteiger partial charge in [0.05, 0.1) is 31.2 Å². The molecule has 0 bridgehead atoms. The molecular weight excluding hydrogens is 418 g/mol. The highest BCUT2D eigenvalue weighted by molar-refractivity contribution is 5.97. The van der Waals surface area contributed by atoms with Crippen molar-refractivity contribution in [3.63, 3.8) is 0 Å². The van der Waals surface area contributed by atoms with E-state index in [0.29, 0.717) is 43.2 Å². The third-order valence-corrected chi connectivity index (χ3v) is 6.19. The number of ether oxygens (including phenoxy) is 2. The van der Waals surface area contributed by atoms with E-state index in [1.807, 2.05) is 66.4 Å². The van der Waals surface area contributed by atoms with Gasteiger partial charge in [-0.25, -0.2) is 0 Å². The lowest BCUT2D eigenvalue weighted by Gasteiger charge is -2.34. The van der Waals surface area contributed by atoms with E-state index >= 15 is 0 Å². The van der Waals surface area contributed by atoms with Crippen LogP contribution in [0.4, 0.5) is 0 Å². The van der Waals surface area contributed by atoms with Crippen LogP contribution in [0.15, 0.2) is 54.6 Å². The number of benzene rings is 2. The van der Waals surface area contributed by atoms with E-state index in [9.17, 15) is 9.59 Å². The predicted molar refractivity (Wildman–Crippen MR) is 127 cm³/mol. The SMILES string of the molecule is COc1ccc(-n2c(-c3ccccc3)cc(C(=O)N3CCN(C(C)=O)CC3)c2C)c(OC)c1. The number of rotatable bonds is 5. The molecule has 1 aliphatic rings. The maximum atomic E-state index is 13.5. The van der Waals surface area contributed by atoms with Gasteiger partial charge >= 0.3 is 0 Å². The third-order valence-electron chi connectivity index (χ3n) is 6.19. The molecule has 0 N–H and O–H groups in total. The highest BCUT2D eigenvalue weighted by Gasteiger charge is 2.28. The fraction of sp³-hybridized carbons (Fsp3) is 0.308. The first-order chi connectivity index (χ1) is 15.9. The number of aromatic nitrogens is 1. The Hall–Kier alpha value is -3.74. The summed E-state index contributed by atoms with van der Waals surface area (Å²) in [7, 11) is 3.24. The number of carbonyl (C=O) groups excluding carboxylic acids is 2. The van der Waals surface area contributed by atoms with Crippen LogP contribution < -0.4 is 9.47 Å². The molecule has 0 radical (unpaired) electrons. The minimum absolute atomic E-state index is 0.0286. The molecule has 1 aromatic heterocycles. The zero-order valence-electron chi connectivity index (χ0n) is 19.5. The second-order valence-electron chi connectivity index (χ2n) is 8.07. The molecule has 2 aromatic carbocycles. The average Bonchev–Trinajstić information content (AvgIpc) is 3.20. The van der Waals surface area contributed by atoms with E-state index in [2.05, 4.69) is 4.57 Å². The molecular formula is C26H29N3O4. The molecule has 7 nitrogen and oxygen atoms in total. The fourth-order valence-electron chi connectivity index (χ4n) is 4.32. The van der Waals surface area contributed by atoms with Gasteiger partial charge in [0.2, 0.25) is 5.91 Å². The molecule has 0 saturated carbocycles. The van der Waals surface area contributed by atoms with Gasteiger partial charge in [-0.1, -0.05) is 30.3 Å². The molecule has 0 spiro atoms. The summed E-state index contributed by atoms with van der Waals surface area (Å²) >= 11 is 0. The Morgan fingerprint density at radius 2 is 1.52 bits per heavy atom. The van der Waals surface area contributed by atoms with Crippen molar-refractivity contribution in [2.24, 2.45) is 0 Å². The highest BCUT2D eigenvalue weighted by Crippen LogP contribution is 2.36. The van der Waals surface area contributed by atoms with Gasteiger partial charge in [0.1, 0.15) is 11.5 Å². The Balaban J connectivity index is 1.79. The van der Waals surface area contributed by atoms with Crippen LogP contribution in [0.5, 0.6) is 11.5 Å². The van der Waals surface area contributed by atoms with Crippen LogP contribution in [0.1, 0.15) is 23.0 Å². The maximum Gasteiger partial charge on any atom is 0.255 e. The minimum atomic E-state index is -0.0286. The fourth-order valence-corrected chi connectivity index (χ4v) is 4.32. The molecule has 0 atom stereocenters. The van der Waals surface area contributed by atoms with Crippen molar-refractivity contribution in [3.05, 3.63) is 65.9 Å². The summed E-state index contributed by atoms with van der Waals surface area (Å²) in [5.41, 5.74) is 4.20. The van der Waals surface area contributed by atoms with Crippen molar-refractivity contribution in [2.75, 3.05) is 40.4 Å². The Morgan fingerprint density at radius 3 is 2.12 bits per heavy atom. The molecule has 172 valence electrons. The van der Waals surface area contributed by atoms with Gasteiger partial charge in [-0.15, -0.1) is 0 Å². The molecule has 0 unspecified atom stereocenters. The van der Waals surface area contributed by atoms with Crippen LogP contribution in [-0.4, -0.2) is 66.6 Å². The van der Waals surface area contributed by atoms with Crippen molar-refractivity contribution < 1.29 is 19.1 Å². The second-order valence-corrected chi connectivity index (χ2v) is 8.07. The Labute approximate surface area is 194 Å². The van der Waals surface area contributed by atoms with Crippen LogP contribution >= 0.6 is 0 Å². The van der Waals surface area contributed by atoms with Gasteiger partial charge < -0.3 is 23.8 Å². The molecule has 33 heavy (non-hydrogen) atoms. The molecule has 1 fully saturated rings. The number of carbonyl (C=O) groups is 2. The zero-order chi connectivity index (χ0) is 23.5. The number of hydrogen-bond donors (Lipinski definition) is 0. The van der Waals surface area contributed by atoms with E-state index in [-0.39, 0.29) is 11.8 Å². The molecule has 2 heterocycles. The summed E-state index contributed by atoms with van der Waals surface area (Å²) in [4.78, 5) is 28.8. The van der Waals surface area contributed by atoms with Crippen LogP contribution in [0.25, 0.3) is 16.9 Å². The first-order valence-electron chi connectivity index (χ1n) is 11.0. The van der Waals surface area contributed by atoms with Crippen LogP contribution in [0.2, 0.25) is 0 Å². The van der Waals surface area contributed by atoms with E-state index in [1.54, 1.807) is 26.0 Å². The largest absolute Gasteiger partial charge is 0.497 e. The summed E-state index contributed by atoms with van der Waals surface area (Å²) in [6.45, 7) is 5.67. The van der Waals surface area contributed by atoms with Crippen molar-refractivity contribution in [3.8, 4) is 28.4 Å². The normalized spacial score (nSPS) is 13.7. The van der Waals surface area contributed by atoms with Crippen LogP contribution in [-0.2, 0) is 4.79 Å². The minimum Gasteiger partial charge on any atom is -0.497 e. The quantitative estimate of drug-likeness (QED) is 0.597. The average molecular weight is 448 g/mol. The summed E-state index contributed by atoms with van der Waals surface area (Å²) < 4.78 is 13.1. The van der Waals surface area contributed by atoms with Gasteiger partial charge in [-0.05, 0) is 30.7 Å². The monoisotopic (exact) mass is 447 g/mol. The third kappa shape index (κ3) is 4.31. The van der Waals surface area contributed by atoms with Crippen molar-refractivity contribution in [2.45, 2.75) is 13.8 Å². The summed E-state index contributed by atoms with van der Waals surface area (Å²) in [5.74, 6) is 1.36. The summed E-state index contributed by atoms with van der Waals surface area (Å²) in [6.07, 6.45) is 0. The Bertz CT molecular complexity index is 1160. The topological polar surface area (TPSA) is 64.0 Å². The molecule has 4 rings (SSSR count). The number of piperazine rings is 1. The van der Waals surface area contributed by atoms with Gasteiger partial charge in [-0.2, -0.15) is 0 Å². The second kappa shape index (κ2) is 9.40. The molecule has 1 aliphatic heterocycles. The molecule has 1 saturated heterocycles. The Kier molecular flexibility index (Phi) is 6.40. The highest BCUT2D eigenvalue weighted by atomic mass is 16.5. The molecule has 7 heteroatoms. The summed E-state index contributed by atoms with van der Waals surface area (Å²) in [5, 5.41) is 0. The number of nitrogens with zero attached hydrogens (tertiary/aromatic N) is 3. The lowest BCUT2D eigenvalue weighted by atomic mass is 10.1. The first-order valence-corrected chi connectivity index (χ1v) is 11.0. The van der Waals surface area contributed by atoms with Gasteiger partial charge in [-0.3, -0.25) is 9.59 Å². The first kappa shape index (κ1) is 22.5. The van der Waals surface area contributed by atoms with Crippen molar-refractivity contribution in [1.82, 2.24) is 14.4 Å². The van der Waals surface area contributed by atoms with E-state index < -0.39 is 0 Å². The van der Waals surface area contributed by atoms with Crippen molar-refractivity contribution in [1.29, 1.82) is 0 Å².